The first-order chi connectivity index (χ1) is 11.0. The van der Waals surface area contributed by atoms with Crippen LogP contribution in [0.2, 0.25) is 0 Å². The number of nitriles is 2. The first-order valence-electron chi connectivity index (χ1n) is 6.94. The van der Waals surface area contributed by atoms with Gasteiger partial charge in [0.2, 0.25) is 0 Å². The van der Waals surface area contributed by atoms with Crippen LogP contribution in [0.25, 0.3) is 6.08 Å². The van der Waals surface area contributed by atoms with Crippen LogP contribution < -0.4 is 5.73 Å². The maximum Gasteiger partial charge on any atom is 0.130 e. The molecule has 2 rings (SSSR count). The predicted octanol–water partition coefficient (Wildman–Crippen LogP) is 4.73. The van der Waals surface area contributed by atoms with Crippen LogP contribution in [0.1, 0.15) is 16.7 Å². The number of benzene rings is 2. The average molecular weight is 301 g/mol. The lowest BCUT2D eigenvalue weighted by molar-refractivity contribution is 1.19. The van der Waals surface area contributed by atoms with Crippen LogP contribution in [0.5, 0.6) is 0 Å². The van der Waals surface area contributed by atoms with Gasteiger partial charge in [-0.15, -0.1) is 0 Å². The van der Waals surface area contributed by atoms with E-state index in [9.17, 15) is 0 Å². The molecular formula is C18H15N5. The number of nitrogens with zero attached hydrogens (tertiary/aromatic N) is 4. The van der Waals surface area contributed by atoms with E-state index in [4.69, 9.17) is 16.3 Å². The molecule has 0 aliphatic heterocycles. The molecule has 0 aromatic heterocycles. The molecule has 0 spiro atoms. The highest BCUT2D eigenvalue weighted by Crippen LogP contribution is 2.28. The largest absolute Gasteiger partial charge is 0.399 e. The molecular weight excluding hydrogens is 286 g/mol. The van der Waals surface area contributed by atoms with Gasteiger partial charge in [-0.1, -0.05) is 12.1 Å². The summed E-state index contributed by atoms with van der Waals surface area (Å²) in [5.41, 5.74) is 10.8. The lowest BCUT2D eigenvalue weighted by Gasteiger charge is -2.05. The van der Waals surface area contributed by atoms with Gasteiger partial charge in [0.25, 0.3) is 0 Å². The highest BCUT2D eigenvalue weighted by Gasteiger charge is 2.03. The Bertz CT molecular complexity index is 823. The molecule has 2 N–H and O–H groups in total. The zero-order chi connectivity index (χ0) is 16.8. The number of allylic oxidation sites excluding steroid dienone is 1. The Labute approximate surface area is 135 Å². The van der Waals surface area contributed by atoms with Crippen molar-refractivity contribution in [3.8, 4) is 12.1 Å². The fourth-order valence-corrected chi connectivity index (χ4v) is 2.15. The molecule has 0 saturated heterocycles. The van der Waals surface area contributed by atoms with E-state index >= 15 is 0 Å². The van der Waals surface area contributed by atoms with E-state index in [1.807, 2.05) is 38.1 Å². The van der Waals surface area contributed by atoms with Gasteiger partial charge in [-0.2, -0.15) is 20.8 Å². The lowest BCUT2D eigenvalue weighted by Crippen LogP contribution is -1.88. The minimum absolute atomic E-state index is 0.0625. The minimum atomic E-state index is 0.0625. The maximum atomic E-state index is 8.74. The van der Waals surface area contributed by atoms with E-state index in [-0.39, 0.29) is 5.57 Å². The van der Waals surface area contributed by atoms with Gasteiger partial charge in [0.05, 0.1) is 11.4 Å². The third-order valence-corrected chi connectivity index (χ3v) is 3.22. The Morgan fingerprint density at radius 1 is 1.00 bits per heavy atom. The van der Waals surface area contributed by atoms with E-state index in [0.717, 1.165) is 22.4 Å². The summed E-state index contributed by atoms with van der Waals surface area (Å²) in [6.07, 6.45) is 1.52. The standard InChI is InChI=1S/C18H15N5/c1-12-7-16(21)8-13(2)18(12)23-22-17-5-3-14(4-6-17)9-15(10-19)11-20/h3-9H,21H2,1-2H3. The van der Waals surface area contributed by atoms with Crippen molar-refractivity contribution in [1.29, 1.82) is 10.5 Å². The number of hydrogen-bond acceptors (Lipinski definition) is 5. The number of nitrogens with two attached hydrogens (primary N) is 1. The molecule has 0 atom stereocenters. The van der Waals surface area contributed by atoms with E-state index < -0.39 is 0 Å². The van der Waals surface area contributed by atoms with Crippen LogP contribution in [0.4, 0.5) is 17.1 Å². The predicted molar refractivity (Wildman–Crippen MR) is 90.1 cm³/mol. The van der Waals surface area contributed by atoms with Crippen molar-refractivity contribution < 1.29 is 0 Å². The molecule has 112 valence electrons. The minimum Gasteiger partial charge on any atom is -0.399 e. The van der Waals surface area contributed by atoms with Crippen LogP contribution in [0.3, 0.4) is 0 Å². The van der Waals surface area contributed by atoms with E-state index in [0.29, 0.717) is 11.4 Å². The summed E-state index contributed by atoms with van der Waals surface area (Å²) in [6, 6.07) is 14.5. The molecule has 2 aromatic carbocycles. The van der Waals surface area contributed by atoms with Crippen molar-refractivity contribution in [3.05, 3.63) is 58.7 Å². The molecule has 0 unspecified atom stereocenters. The molecule has 0 aliphatic carbocycles. The second-order valence-corrected chi connectivity index (χ2v) is 5.08. The van der Waals surface area contributed by atoms with E-state index in [1.165, 1.54) is 6.08 Å². The van der Waals surface area contributed by atoms with Gasteiger partial charge >= 0.3 is 0 Å². The first-order valence-corrected chi connectivity index (χ1v) is 6.94. The van der Waals surface area contributed by atoms with E-state index in [2.05, 4.69) is 10.2 Å². The van der Waals surface area contributed by atoms with Crippen molar-refractivity contribution in [3.63, 3.8) is 0 Å². The Kier molecular flexibility index (Phi) is 4.86. The number of rotatable bonds is 3. The summed E-state index contributed by atoms with van der Waals surface area (Å²) in [5.74, 6) is 0. The van der Waals surface area contributed by atoms with Gasteiger partial charge < -0.3 is 5.73 Å². The number of azo groups is 1. The Morgan fingerprint density at radius 3 is 2.09 bits per heavy atom. The molecule has 0 heterocycles. The normalized spacial score (nSPS) is 10.1. The summed E-state index contributed by atoms with van der Waals surface area (Å²) < 4.78 is 0. The maximum absolute atomic E-state index is 8.74. The molecule has 23 heavy (non-hydrogen) atoms. The van der Waals surface area contributed by atoms with Crippen molar-refractivity contribution in [2.45, 2.75) is 13.8 Å². The van der Waals surface area contributed by atoms with Gasteiger partial charge in [0, 0.05) is 5.69 Å². The van der Waals surface area contributed by atoms with Gasteiger partial charge in [0.1, 0.15) is 17.7 Å². The molecule has 0 amide bonds. The topological polar surface area (TPSA) is 98.3 Å². The quantitative estimate of drug-likeness (QED) is 0.504. The summed E-state index contributed by atoms with van der Waals surface area (Å²) in [7, 11) is 0. The van der Waals surface area contributed by atoms with Crippen LogP contribution in [-0.4, -0.2) is 0 Å². The van der Waals surface area contributed by atoms with E-state index in [1.54, 1.807) is 24.3 Å². The SMILES string of the molecule is Cc1cc(N)cc(C)c1N=Nc1ccc(C=C(C#N)C#N)cc1. The number of anilines is 1. The second-order valence-electron chi connectivity index (χ2n) is 5.08. The van der Waals surface area contributed by atoms with Gasteiger partial charge in [-0.25, -0.2) is 0 Å². The highest BCUT2D eigenvalue weighted by atomic mass is 15.1. The van der Waals surface area contributed by atoms with Crippen LogP contribution >= 0.6 is 0 Å². The smallest absolute Gasteiger partial charge is 0.130 e. The summed E-state index contributed by atoms with van der Waals surface area (Å²) in [6.45, 7) is 3.88. The van der Waals surface area contributed by atoms with Crippen molar-refractivity contribution >= 4 is 23.1 Å². The molecule has 2 aromatic rings. The third kappa shape index (κ3) is 4.03. The zero-order valence-electron chi connectivity index (χ0n) is 12.9. The first kappa shape index (κ1) is 15.9. The number of aryl methyl sites for hydroxylation is 2. The average Bonchev–Trinajstić information content (AvgIpc) is 2.53. The fraction of sp³-hybridized carbons (Fsp3) is 0.111. The van der Waals surface area contributed by atoms with Gasteiger partial charge in [0.15, 0.2) is 0 Å². The molecule has 5 nitrogen and oxygen atoms in total. The van der Waals surface area contributed by atoms with Crippen LogP contribution in [0, 0.1) is 36.5 Å². The number of hydrogen-bond donors (Lipinski definition) is 1. The Hall–Kier alpha value is -3.44. The Balaban J connectivity index is 2.24. The molecule has 0 radical (unpaired) electrons. The molecule has 5 heteroatoms. The zero-order valence-corrected chi connectivity index (χ0v) is 12.9. The molecule has 0 saturated carbocycles. The molecule has 0 fully saturated rings. The van der Waals surface area contributed by atoms with Gasteiger partial charge in [-0.05, 0) is 60.9 Å². The van der Waals surface area contributed by atoms with Gasteiger partial charge in [-0.3, -0.25) is 0 Å². The van der Waals surface area contributed by atoms with Crippen LogP contribution in [0.15, 0.2) is 52.2 Å². The fourth-order valence-electron chi connectivity index (χ4n) is 2.15. The summed E-state index contributed by atoms with van der Waals surface area (Å²) in [4.78, 5) is 0. The Morgan fingerprint density at radius 2 is 1.57 bits per heavy atom. The van der Waals surface area contributed by atoms with Crippen molar-refractivity contribution in [1.82, 2.24) is 0 Å². The summed E-state index contributed by atoms with van der Waals surface area (Å²) >= 11 is 0. The number of nitrogen functional groups attached to an aromatic ring is 1. The summed E-state index contributed by atoms with van der Waals surface area (Å²) in [5, 5.41) is 26.0. The van der Waals surface area contributed by atoms with Crippen molar-refractivity contribution in [2.75, 3.05) is 5.73 Å². The molecule has 0 aliphatic rings. The highest BCUT2D eigenvalue weighted by molar-refractivity contribution is 5.63. The van der Waals surface area contributed by atoms with Crippen molar-refractivity contribution in [2.24, 2.45) is 10.2 Å². The lowest BCUT2D eigenvalue weighted by atomic mass is 10.1. The monoisotopic (exact) mass is 301 g/mol. The molecule has 0 bridgehead atoms. The van der Waals surface area contributed by atoms with Crippen LogP contribution in [-0.2, 0) is 0 Å². The third-order valence-electron chi connectivity index (χ3n) is 3.22. The second kappa shape index (κ2) is 7.02.